The van der Waals surface area contributed by atoms with Gasteiger partial charge in [-0.3, -0.25) is 9.36 Å². The lowest BCUT2D eigenvalue weighted by Crippen LogP contribution is -2.24. The van der Waals surface area contributed by atoms with Crippen LogP contribution in [-0.4, -0.2) is 20.3 Å². The van der Waals surface area contributed by atoms with Crippen molar-refractivity contribution in [3.05, 3.63) is 74.4 Å². The number of benzene rings is 2. The van der Waals surface area contributed by atoms with Crippen LogP contribution in [0.15, 0.2) is 45.7 Å². The molecule has 0 aliphatic carbocycles. The Hall–Kier alpha value is -3.01. The van der Waals surface area contributed by atoms with Gasteiger partial charge in [0.05, 0.1) is 5.69 Å². The molecule has 3 aromatic rings. The average molecular weight is 467 g/mol. The van der Waals surface area contributed by atoms with Crippen LogP contribution in [0.5, 0.6) is 5.75 Å². The van der Waals surface area contributed by atoms with Gasteiger partial charge in [0.2, 0.25) is 0 Å². The first-order chi connectivity index (χ1) is 13.8. The molecule has 0 bridgehead atoms. The van der Waals surface area contributed by atoms with E-state index >= 15 is 0 Å². The summed E-state index contributed by atoms with van der Waals surface area (Å²) in [5, 5.41) is 4.29. The number of carbonyl (C=O) groups is 1. The highest BCUT2D eigenvalue weighted by atomic mass is 79.9. The Bertz CT molecular complexity index is 1110. The molecule has 10 heteroatoms. The molecule has 0 saturated carbocycles. The zero-order chi connectivity index (χ0) is 21.1. The highest BCUT2D eigenvalue weighted by Gasteiger charge is 2.21. The van der Waals surface area contributed by atoms with Gasteiger partial charge >= 0.3 is 5.69 Å². The minimum Gasteiger partial charge on any atom is -0.482 e. The largest absolute Gasteiger partial charge is 0.482 e. The van der Waals surface area contributed by atoms with E-state index in [4.69, 9.17) is 10.5 Å². The first kappa shape index (κ1) is 20.7. The summed E-state index contributed by atoms with van der Waals surface area (Å²) in [5.74, 6) is -3.63. The van der Waals surface area contributed by atoms with Gasteiger partial charge in [-0.25, -0.2) is 13.6 Å². The fraction of sp³-hybridized carbons (Fsp3) is 0.211. The summed E-state index contributed by atoms with van der Waals surface area (Å²) in [7, 11) is 0. The Morgan fingerprint density at radius 1 is 1.21 bits per heavy atom. The molecule has 2 N–H and O–H groups in total. The smallest absolute Gasteiger partial charge is 0.350 e. The van der Waals surface area contributed by atoms with Crippen molar-refractivity contribution in [2.45, 2.75) is 26.5 Å². The number of nitrogens with zero attached hydrogens (tertiary/aromatic N) is 3. The van der Waals surface area contributed by atoms with Crippen molar-refractivity contribution in [1.29, 1.82) is 0 Å². The number of hydrogen-bond donors (Lipinski definition) is 1. The molecule has 0 fully saturated rings. The van der Waals surface area contributed by atoms with Gasteiger partial charge in [0.1, 0.15) is 18.0 Å². The Morgan fingerprint density at radius 2 is 1.90 bits per heavy atom. The normalized spacial score (nSPS) is 10.9. The van der Waals surface area contributed by atoms with E-state index in [1.54, 1.807) is 24.3 Å². The minimum atomic E-state index is -1.24. The molecule has 2 aromatic carbocycles. The predicted molar refractivity (Wildman–Crippen MR) is 105 cm³/mol. The number of carbonyl (C=O) groups excluding carboxylic acids is 1. The summed E-state index contributed by atoms with van der Waals surface area (Å²) >= 11 is 3.33. The Labute approximate surface area is 172 Å². The topological polar surface area (TPSA) is 92.1 Å². The molecule has 1 amide bonds. The molecule has 3 rings (SSSR count). The van der Waals surface area contributed by atoms with E-state index in [1.165, 1.54) is 9.25 Å². The summed E-state index contributed by atoms with van der Waals surface area (Å²) in [6.45, 7) is 2.01. The van der Waals surface area contributed by atoms with Gasteiger partial charge in [0.15, 0.2) is 17.4 Å². The van der Waals surface area contributed by atoms with Gasteiger partial charge in [-0.1, -0.05) is 22.9 Å². The first-order valence-corrected chi connectivity index (χ1v) is 9.48. The lowest BCUT2D eigenvalue weighted by atomic mass is 10.1. The van der Waals surface area contributed by atoms with E-state index < -0.39 is 23.1 Å². The Kier molecular flexibility index (Phi) is 6.12. The van der Waals surface area contributed by atoms with Crippen molar-refractivity contribution in [2.24, 2.45) is 5.73 Å². The molecule has 0 spiro atoms. The molecule has 0 saturated heterocycles. The third-order valence-electron chi connectivity index (χ3n) is 4.12. The quantitative estimate of drug-likeness (QED) is 0.578. The van der Waals surface area contributed by atoms with Crippen molar-refractivity contribution in [1.82, 2.24) is 14.3 Å². The van der Waals surface area contributed by atoms with Crippen LogP contribution in [0.1, 0.15) is 29.5 Å². The van der Waals surface area contributed by atoms with Gasteiger partial charge in [-0.2, -0.15) is 4.68 Å². The van der Waals surface area contributed by atoms with Crippen LogP contribution in [0.2, 0.25) is 0 Å². The van der Waals surface area contributed by atoms with Crippen LogP contribution < -0.4 is 16.2 Å². The second-order valence-corrected chi connectivity index (χ2v) is 7.04. The summed E-state index contributed by atoms with van der Waals surface area (Å²) in [6, 6.07) is 8.92. The number of halogens is 3. The van der Waals surface area contributed by atoms with Gasteiger partial charge in [-0.05, 0) is 42.8 Å². The first-order valence-electron chi connectivity index (χ1n) is 8.68. The summed E-state index contributed by atoms with van der Waals surface area (Å²) in [5.41, 5.74) is 4.32. The molecule has 0 aliphatic rings. The van der Waals surface area contributed by atoms with Crippen LogP contribution in [0.4, 0.5) is 8.78 Å². The number of nitrogens with two attached hydrogens (primary N) is 1. The van der Waals surface area contributed by atoms with Crippen molar-refractivity contribution < 1.29 is 18.3 Å². The van der Waals surface area contributed by atoms with Crippen LogP contribution in [0.25, 0.3) is 5.69 Å². The van der Waals surface area contributed by atoms with Crippen LogP contribution in [0, 0.1) is 11.6 Å². The van der Waals surface area contributed by atoms with E-state index in [1.807, 2.05) is 6.92 Å². The zero-order valence-electron chi connectivity index (χ0n) is 15.4. The molecular weight excluding hydrogens is 450 g/mol. The maximum Gasteiger partial charge on any atom is 0.350 e. The van der Waals surface area contributed by atoms with E-state index in [-0.39, 0.29) is 23.9 Å². The number of amides is 1. The molecular formula is C19H17BrF2N4O3. The number of primary amides is 1. The summed E-state index contributed by atoms with van der Waals surface area (Å²) in [4.78, 5) is 24.0. The average Bonchev–Trinajstić information content (AvgIpc) is 2.98. The molecule has 1 aromatic heterocycles. The Balaban J connectivity index is 1.94. The monoisotopic (exact) mass is 466 g/mol. The number of rotatable bonds is 7. The maximum atomic E-state index is 14.4. The molecule has 0 radical (unpaired) electrons. The second-order valence-electron chi connectivity index (χ2n) is 6.13. The molecule has 0 aliphatic heterocycles. The maximum absolute atomic E-state index is 14.4. The van der Waals surface area contributed by atoms with E-state index in [9.17, 15) is 18.4 Å². The fourth-order valence-corrected chi connectivity index (χ4v) is 3.02. The third kappa shape index (κ3) is 4.21. The van der Waals surface area contributed by atoms with E-state index in [0.717, 1.165) is 16.6 Å². The SMILES string of the molecule is CCCn1c(COc2ccc(F)c(C(N)=O)c2F)nn(-c2ccc(Br)cc2)c1=O. The Morgan fingerprint density at radius 3 is 2.52 bits per heavy atom. The lowest BCUT2D eigenvalue weighted by Gasteiger charge is -2.10. The second kappa shape index (κ2) is 8.56. The van der Waals surface area contributed by atoms with Gasteiger partial charge in [-0.15, -0.1) is 5.10 Å². The van der Waals surface area contributed by atoms with E-state index in [2.05, 4.69) is 21.0 Å². The number of aromatic nitrogens is 3. The highest BCUT2D eigenvalue weighted by molar-refractivity contribution is 9.10. The van der Waals surface area contributed by atoms with Gasteiger partial charge in [0.25, 0.3) is 5.91 Å². The van der Waals surface area contributed by atoms with Crippen LogP contribution in [-0.2, 0) is 13.2 Å². The highest BCUT2D eigenvalue weighted by Crippen LogP contribution is 2.24. The van der Waals surface area contributed by atoms with Crippen molar-refractivity contribution in [3.63, 3.8) is 0 Å². The van der Waals surface area contributed by atoms with Crippen molar-refractivity contribution in [2.75, 3.05) is 0 Å². The summed E-state index contributed by atoms with van der Waals surface area (Å²) in [6.07, 6.45) is 0.662. The van der Waals surface area contributed by atoms with Crippen molar-refractivity contribution in [3.8, 4) is 11.4 Å². The number of hydrogen-bond acceptors (Lipinski definition) is 4. The molecule has 7 nitrogen and oxygen atoms in total. The molecule has 0 unspecified atom stereocenters. The predicted octanol–water partition coefficient (Wildman–Crippen LogP) is 3.16. The van der Waals surface area contributed by atoms with Crippen molar-refractivity contribution >= 4 is 21.8 Å². The summed E-state index contributed by atoms with van der Waals surface area (Å²) < 4.78 is 36.8. The molecule has 0 atom stereocenters. The molecule has 152 valence electrons. The number of ether oxygens (including phenoxy) is 1. The zero-order valence-corrected chi connectivity index (χ0v) is 16.9. The van der Waals surface area contributed by atoms with Crippen LogP contribution >= 0.6 is 15.9 Å². The van der Waals surface area contributed by atoms with E-state index in [0.29, 0.717) is 18.7 Å². The van der Waals surface area contributed by atoms with Gasteiger partial charge < -0.3 is 10.5 Å². The molecule has 29 heavy (non-hydrogen) atoms. The fourth-order valence-electron chi connectivity index (χ4n) is 2.76. The van der Waals surface area contributed by atoms with Gasteiger partial charge in [0, 0.05) is 11.0 Å². The van der Waals surface area contributed by atoms with Crippen LogP contribution in [0.3, 0.4) is 0 Å². The standard InChI is InChI=1S/C19H17BrF2N4O3/c1-2-9-25-15(24-26(19(25)28)12-5-3-11(20)4-6-12)10-29-14-8-7-13(21)16(17(14)22)18(23)27/h3-8H,2,9-10H2,1H3,(H2,23,27). The third-order valence-corrected chi connectivity index (χ3v) is 4.65. The molecule has 1 heterocycles. The minimum absolute atomic E-state index is 0.254. The lowest BCUT2D eigenvalue weighted by molar-refractivity contribution is 0.0991.